The third-order valence-electron chi connectivity index (χ3n) is 2.44. The van der Waals surface area contributed by atoms with Crippen LogP contribution >= 0.6 is 0 Å². The number of hydrogen-bond acceptors (Lipinski definition) is 3. The second-order valence-corrected chi connectivity index (χ2v) is 3.24. The fourth-order valence-corrected chi connectivity index (χ4v) is 1.26. The van der Waals surface area contributed by atoms with Gasteiger partial charge in [-0.3, -0.25) is 4.90 Å². The van der Waals surface area contributed by atoms with Gasteiger partial charge in [0.05, 0.1) is 0 Å². The lowest BCUT2D eigenvalue weighted by Crippen LogP contribution is -2.21. The highest BCUT2D eigenvalue weighted by molar-refractivity contribution is 5.20. The third-order valence-corrected chi connectivity index (χ3v) is 2.44. The molecule has 15 heavy (non-hydrogen) atoms. The van der Waals surface area contributed by atoms with E-state index in [1.807, 2.05) is 0 Å². The molecule has 0 aliphatic carbocycles. The summed E-state index contributed by atoms with van der Waals surface area (Å²) in [4.78, 5) is 18.6. The lowest BCUT2D eigenvalue weighted by molar-refractivity contribution is -0.191. The van der Waals surface area contributed by atoms with Gasteiger partial charge in [0, 0.05) is 6.04 Å². The molecular formula is C12H17NO2. The van der Waals surface area contributed by atoms with Crippen LogP contribution in [0.5, 0.6) is 0 Å². The predicted octanol–water partition coefficient (Wildman–Crippen LogP) is 2.12. The molecule has 1 atom stereocenters. The Morgan fingerprint density at radius 3 is 2.13 bits per heavy atom. The van der Waals surface area contributed by atoms with Crippen LogP contribution < -0.4 is 0 Å². The summed E-state index contributed by atoms with van der Waals surface area (Å²) < 4.78 is 0. The summed E-state index contributed by atoms with van der Waals surface area (Å²) in [7, 11) is 2.15. The Bertz CT molecular complexity index is 292. The van der Waals surface area contributed by atoms with Crippen molar-refractivity contribution in [2.24, 2.45) is 0 Å². The molecule has 82 valence electrons. The third kappa shape index (κ3) is 5.11. The van der Waals surface area contributed by atoms with Crippen molar-refractivity contribution in [3.8, 4) is 0 Å². The maximum atomic E-state index is 8.12. The smallest absolute Gasteiger partial charge is 0.300 e. The maximum Gasteiger partial charge on any atom is 0.373 e. The van der Waals surface area contributed by atoms with Crippen molar-refractivity contribution in [1.82, 2.24) is 4.90 Å². The molecule has 0 bridgehead atoms. The van der Waals surface area contributed by atoms with E-state index in [1.165, 1.54) is 5.56 Å². The lowest BCUT2D eigenvalue weighted by atomic mass is 10.1. The van der Waals surface area contributed by atoms with Crippen molar-refractivity contribution in [2.45, 2.75) is 19.9 Å². The van der Waals surface area contributed by atoms with E-state index in [0.29, 0.717) is 6.04 Å². The number of benzene rings is 1. The van der Waals surface area contributed by atoms with Crippen molar-refractivity contribution in [2.75, 3.05) is 13.6 Å². The van der Waals surface area contributed by atoms with Gasteiger partial charge in [0.15, 0.2) is 0 Å². The molecule has 0 heterocycles. The first-order valence-corrected chi connectivity index (χ1v) is 4.91. The summed E-state index contributed by atoms with van der Waals surface area (Å²) in [6.07, 6.45) is 0.250. The van der Waals surface area contributed by atoms with Crippen LogP contribution in [0.15, 0.2) is 30.3 Å². The normalized spacial score (nSPS) is 11.2. The average Bonchev–Trinajstić information content (AvgIpc) is 2.29. The molecule has 1 rings (SSSR count). The van der Waals surface area contributed by atoms with Crippen LogP contribution in [0.3, 0.4) is 0 Å². The molecule has 1 unspecified atom stereocenters. The van der Waals surface area contributed by atoms with Gasteiger partial charge in [-0.1, -0.05) is 37.3 Å². The van der Waals surface area contributed by atoms with Gasteiger partial charge in [-0.15, -0.1) is 0 Å². The highest BCUT2D eigenvalue weighted by atomic mass is 16.2. The van der Waals surface area contributed by atoms with E-state index < -0.39 is 0 Å². The minimum Gasteiger partial charge on any atom is -0.300 e. The Morgan fingerprint density at radius 2 is 1.73 bits per heavy atom. The predicted molar refractivity (Wildman–Crippen MR) is 58.2 cm³/mol. The number of carbonyl (C=O) groups excluding carboxylic acids is 2. The zero-order valence-corrected chi connectivity index (χ0v) is 9.43. The van der Waals surface area contributed by atoms with E-state index in [9.17, 15) is 0 Å². The summed E-state index contributed by atoms with van der Waals surface area (Å²) in [6, 6.07) is 11.1. The van der Waals surface area contributed by atoms with E-state index in [1.54, 1.807) is 0 Å². The number of hydrogen-bond donors (Lipinski definition) is 0. The van der Waals surface area contributed by atoms with Gasteiger partial charge < -0.3 is 0 Å². The molecule has 1 aromatic carbocycles. The van der Waals surface area contributed by atoms with Gasteiger partial charge in [-0.2, -0.15) is 9.59 Å². The first kappa shape index (κ1) is 13.6. The SMILES string of the molecule is CCN(C)C(C)c1ccccc1.O=C=O. The highest BCUT2D eigenvalue weighted by Crippen LogP contribution is 2.16. The first-order chi connectivity index (χ1) is 7.17. The summed E-state index contributed by atoms with van der Waals surface area (Å²) >= 11 is 0. The largest absolute Gasteiger partial charge is 0.373 e. The Balaban J connectivity index is 0.000000583. The van der Waals surface area contributed by atoms with Gasteiger partial charge in [0.2, 0.25) is 0 Å². The zero-order valence-electron chi connectivity index (χ0n) is 9.43. The minimum atomic E-state index is 0.250. The molecule has 0 fully saturated rings. The molecule has 3 nitrogen and oxygen atoms in total. The molecule has 0 aromatic heterocycles. The van der Waals surface area contributed by atoms with Gasteiger partial charge in [0.25, 0.3) is 0 Å². The van der Waals surface area contributed by atoms with Gasteiger partial charge in [-0.05, 0) is 26.1 Å². The van der Waals surface area contributed by atoms with Crippen molar-refractivity contribution >= 4 is 6.15 Å². The van der Waals surface area contributed by atoms with E-state index >= 15 is 0 Å². The van der Waals surface area contributed by atoms with Crippen LogP contribution in [0.25, 0.3) is 0 Å². The monoisotopic (exact) mass is 207 g/mol. The second kappa shape index (κ2) is 7.92. The standard InChI is InChI=1S/C11H17N.CO2/c1-4-12(3)10(2)11-8-6-5-7-9-11;2-1-3/h5-10H,4H2,1-3H3;. The van der Waals surface area contributed by atoms with Crippen molar-refractivity contribution in [3.63, 3.8) is 0 Å². The Kier molecular flexibility index (Phi) is 7.16. The van der Waals surface area contributed by atoms with Crippen LogP contribution in [-0.4, -0.2) is 24.6 Å². The van der Waals surface area contributed by atoms with Gasteiger partial charge in [0.1, 0.15) is 0 Å². The fraction of sp³-hybridized carbons (Fsp3) is 0.417. The first-order valence-electron chi connectivity index (χ1n) is 4.91. The van der Waals surface area contributed by atoms with E-state index in [-0.39, 0.29) is 6.15 Å². The molecule has 0 aliphatic heterocycles. The molecule has 0 amide bonds. The fourth-order valence-electron chi connectivity index (χ4n) is 1.26. The second-order valence-electron chi connectivity index (χ2n) is 3.24. The summed E-state index contributed by atoms with van der Waals surface area (Å²) in [5, 5.41) is 0. The molecule has 3 heteroatoms. The van der Waals surface area contributed by atoms with E-state index in [4.69, 9.17) is 9.59 Å². The van der Waals surface area contributed by atoms with Crippen LogP contribution in [-0.2, 0) is 9.59 Å². The zero-order chi connectivity index (χ0) is 11.7. The average molecular weight is 207 g/mol. The van der Waals surface area contributed by atoms with Crippen LogP contribution in [0, 0.1) is 0 Å². The summed E-state index contributed by atoms with van der Waals surface area (Å²) in [6.45, 7) is 5.51. The Labute approximate surface area is 90.7 Å². The number of rotatable bonds is 3. The summed E-state index contributed by atoms with van der Waals surface area (Å²) in [5.41, 5.74) is 1.39. The molecule has 0 aliphatic rings. The minimum absolute atomic E-state index is 0.250. The molecule has 0 radical (unpaired) electrons. The quantitative estimate of drug-likeness (QED) is 0.761. The van der Waals surface area contributed by atoms with Crippen LogP contribution in [0.4, 0.5) is 0 Å². The molecular weight excluding hydrogens is 190 g/mol. The Morgan fingerprint density at radius 1 is 1.27 bits per heavy atom. The van der Waals surface area contributed by atoms with Crippen molar-refractivity contribution in [3.05, 3.63) is 35.9 Å². The van der Waals surface area contributed by atoms with E-state index in [2.05, 4.69) is 56.1 Å². The molecule has 0 N–H and O–H groups in total. The lowest BCUT2D eigenvalue weighted by Gasteiger charge is -2.23. The molecule has 0 saturated heterocycles. The van der Waals surface area contributed by atoms with Crippen LogP contribution in [0.2, 0.25) is 0 Å². The Hall–Kier alpha value is -1.44. The topological polar surface area (TPSA) is 37.4 Å². The summed E-state index contributed by atoms with van der Waals surface area (Å²) in [5.74, 6) is 0. The van der Waals surface area contributed by atoms with E-state index in [0.717, 1.165) is 6.54 Å². The van der Waals surface area contributed by atoms with Crippen LogP contribution in [0.1, 0.15) is 25.5 Å². The number of nitrogens with zero attached hydrogens (tertiary/aromatic N) is 1. The molecule has 0 spiro atoms. The van der Waals surface area contributed by atoms with Gasteiger partial charge >= 0.3 is 6.15 Å². The maximum absolute atomic E-state index is 8.12. The highest BCUT2D eigenvalue weighted by Gasteiger charge is 2.07. The molecule has 1 aromatic rings. The molecule has 0 saturated carbocycles. The van der Waals surface area contributed by atoms with Gasteiger partial charge in [-0.25, -0.2) is 0 Å². The van der Waals surface area contributed by atoms with Crippen molar-refractivity contribution in [1.29, 1.82) is 0 Å². The van der Waals surface area contributed by atoms with Crippen molar-refractivity contribution < 1.29 is 9.59 Å².